The van der Waals surface area contributed by atoms with Crippen molar-refractivity contribution in [1.29, 1.82) is 0 Å². The maximum atomic E-state index is 5.44. The molecule has 0 aliphatic carbocycles. The van der Waals surface area contributed by atoms with Crippen LogP contribution in [0.15, 0.2) is 152 Å². The highest BCUT2D eigenvalue weighted by Gasteiger charge is 2.54. The van der Waals surface area contributed by atoms with E-state index in [2.05, 4.69) is 169 Å². The summed E-state index contributed by atoms with van der Waals surface area (Å²) in [5, 5.41) is 2.24. The minimum absolute atomic E-state index is 0.380. The predicted octanol–water partition coefficient (Wildman–Crippen LogP) is 11.0. The Balaban J connectivity index is 1.25. The molecule has 0 saturated carbocycles. The zero-order valence-electron chi connectivity index (χ0n) is 30.1. The van der Waals surface area contributed by atoms with Gasteiger partial charge in [-0.15, -0.1) is 0 Å². The first kappa shape index (κ1) is 31.2. The van der Waals surface area contributed by atoms with E-state index in [0.717, 1.165) is 66.7 Å². The molecule has 0 amide bonds. The van der Waals surface area contributed by atoms with Gasteiger partial charge in [0.1, 0.15) is 0 Å². The molecular formula is C46H37N7. The van der Waals surface area contributed by atoms with Crippen molar-refractivity contribution in [2.45, 2.75) is 38.8 Å². The molecule has 256 valence electrons. The number of rotatable bonds is 5. The van der Waals surface area contributed by atoms with Crippen LogP contribution in [0.2, 0.25) is 0 Å². The molecule has 0 fully saturated rings. The van der Waals surface area contributed by atoms with E-state index in [9.17, 15) is 0 Å². The fraction of sp³-hybridized carbons (Fsp3) is 0.130. The first-order chi connectivity index (χ1) is 25.8. The average Bonchev–Trinajstić information content (AvgIpc) is 3.79. The van der Waals surface area contributed by atoms with Gasteiger partial charge in [0.15, 0.2) is 11.6 Å². The third kappa shape index (κ3) is 4.53. The van der Waals surface area contributed by atoms with Crippen LogP contribution in [0.1, 0.15) is 27.7 Å². The molecule has 0 atom stereocenters. The average molecular weight is 688 g/mol. The largest absolute Gasteiger partial charge is 0.309 e. The van der Waals surface area contributed by atoms with Gasteiger partial charge in [-0.2, -0.15) is 9.97 Å². The van der Waals surface area contributed by atoms with Crippen molar-refractivity contribution in [2.75, 3.05) is 4.90 Å². The van der Waals surface area contributed by atoms with Crippen LogP contribution >= 0.6 is 0 Å². The van der Waals surface area contributed by atoms with Gasteiger partial charge in [0.2, 0.25) is 11.9 Å². The van der Waals surface area contributed by atoms with Crippen LogP contribution in [-0.2, 0) is 5.54 Å². The standard InChI is InChI=1S/C46H37N7/c1-45(2)46(3,4)53(44-47-40-33(30-18-8-5-9-19-30)25-16-29-38(40)52(44)45)43-49-41(31-20-10-6-11-21-31)48-42(50-43)35-26-17-28-37-39(35)34-24-14-15-27-36(34)51(37)32-22-12-7-13-23-32/h5-29H,1-4H3. The first-order valence-corrected chi connectivity index (χ1v) is 18.1. The Bertz CT molecular complexity index is 2830. The lowest BCUT2D eigenvalue weighted by atomic mass is 9.82. The number of hydrogen-bond donors (Lipinski definition) is 0. The molecule has 0 radical (unpaired) electrons. The Kier molecular flexibility index (Phi) is 6.73. The number of nitrogens with zero attached hydrogens (tertiary/aromatic N) is 7. The summed E-state index contributed by atoms with van der Waals surface area (Å²) < 4.78 is 4.70. The molecule has 0 bridgehead atoms. The van der Waals surface area contributed by atoms with Crippen molar-refractivity contribution in [2.24, 2.45) is 0 Å². The second-order valence-electron chi connectivity index (χ2n) is 14.8. The van der Waals surface area contributed by atoms with Crippen LogP contribution in [-0.4, -0.2) is 34.6 Å². The minimum atomic E-state index is -0.464. The molecule has 4 heterocycles. The van der Waals surface area contributed by atoms with E-state index in [1.807, 2.05) is 24.3 Å². The second-order valence-corrected chi connectivity index (χ2v) is 14.8. The summed E-state index contributed by atoms with van der Waals surface area (Å²) in [5.74, 6) is 2.60. The van der Waals surface area contributed by atoms with Gasteiger partial charge < -0.3 is 9.13 Å². The number of anilines is 2. The SMILES string of the molecule is CC1(C)N(c2nc(-c3ccccc3)nc(-c3cccc4c3c3ccccc3n4-c3ccccc3)n2)c2nc3c(-c4ccccc4)cccc3n2C1(C)C. The zero-order chi connectivity index (χ0) is 35.9. The van der Waals surface area contributed by atoms with E-state index in [0.29, 0.717) is 17.6 Å². The Hall–Kier alpha value is -6.60. The zero-order valence-corrected chi connectivity index (χ0v) is 30.1. The molecule has 0 N–H and O–H groups in total. The maximum absolute atomic E-state index is 5.44. The second kappa shape index (κ2) is 11.5. The molecule has 53 heavy (non-hydrogen) atoms. The Morgan fingerprint density at radius 3 is 1.77 bits per heavy atom. The summed E-state index contributed by atoms with van der Waals surface area (Å²) in [5.41, 5.74) is 8.63. The molecular weight excluding hydrogens is 651 g/mol. The van der Waals surface area contributed by atoms with Gasteiger partial charge in [-0.1, -0.05) is 121 Å². The van der Waals surface area contributed by atoms with Crippen LogP contribution in [0.4, 0.5) is 11.9 Å². The lowest BCUT2D eigenvalue weighted by Gasteiger charge is -2.40. The van der Waals surface area contributed by atoms with Gasteiger partial charge in [0, 0.05) is 33.2 Å². The van der Waals surface area contributed by atoms with Crippen molar-refractivity contribution in [3.05, 3.63) is 152 Å². The lowest BCUT2D eigenvalue weighted by Crippen LogP contribution is -2.51. The van der Waals surface area contributed by atoms with Crippen molar-refractivity contribution < 1.29 is 0 Å². The van der Waals surface area contributed by atoms with Crippen molar-refractivity contribution >= 4 is 44.7 Å². The highest BCUT2D eigenvalue weighted by atomic mass is 15.5. The molecule has 1 aliphatic rings. The normalized spacial score (nSPS) is 14.7. The Labute approximate surface area is 307 Å². The van der Waals surface area contributed by atoms with Gasteiger partial charge >= 0.3 is 0 Å². The third-order valence-corrected chi connectivity index (χ3v) is 11.4. The van der Waals surface area contributed by atoms with Crippen molar-refractivity contribution in [3.8, 4) is 39.6 Å². The van der Waals surface area contributed by atoms with E-state index in [4.69, 9.17) is 19.9 Å². The van der Waals surface area contributed by atoms with Gasteiger partial charge in [-0.3, -0.25) is 4.90 Å². The van der Waals surface area contributed by atoms with Crippen LogP contribution < -0.4 is 4.90 Å². The Morgan fingerprint density at radius 2 is 1.04 bits per heavy atom. The highest BCUT2D eigenvalue weighted by molar-refractivity contribution is 6.15. The number of hydrogen-bond acceptors (Lipinski definition) is 5. The smallest absolute Gasteiger partial charge is 0.237 e. The Morgan fingerprint density at radius 1 is 0.453 bits per heavy atom. The monoisotopic (exact) mass is 687 g/mol. The molecule has 3 aromatic heterocycles. The lowest BCUT2D eigenvalue weighted by molar-refractivity contribution is 0.251. The molecule has 9 aromatic rings. The molecule has 6 aromatic carbocycles. The fourth-order valence-electron chi connectivity index (χ4n) is 8.14. The summed E-state index contributed by atoms with van der Waals surface area (Å²) in [4.78, 5) is 23.6. The van der Waals surface area contributed by atoms with Gasteiger partial charge in [0.05, 0.1) is 33.1 Å². The quantitative estimate of drug-likeness (QED) is 0.180. The first-order valence-electron chi connectivity index (χ1n) is 18.1. The summed E-state index contributed by atoms with van der Waals surface area (Å²) in [6.07, 6.45) is 0. The van der Waals surface area contributed by atoms with Crippen molar-refractivity contribution in [3.63, 3.8) is 0 Å². The van der Waals surface area contributed by atoms with Crippen LogP contribution in [0.25, 0.3) is 72.4 Å². The van der Waals surface area contributed by atoms with Crippen LogP contribution in [0, 0.1) is 0 Å². The van der Waals surface area contributed by atoms with Gasteiger partial charge in [-0.05, 0) is 63.6 Å². The van der Waals surface area contributed by atoms with Crippen LogP contribution in [0.5, 0.6) is 0 Å². The fourth-order valence-corrected chi connectivity index (χ4v) is 8.14. The number of imidazole rings is 1. The highest BCUT2D eigenvalue weighted by Crippen LogP contribution is 2.52. The van der Waals surface area contributed by atoms with E-state index in [1.165, 1.54) is 0 Å². The van der Waals surface area contributed by atoms with Gasteiger partial charge in [-0.25, -0.2) is 9.97 Å². The number of fused-ring (bicyclic) bond motifs is 6. The summed E-state index contributed by atoms with van der Waals surface area (Å²) in [7, 11) is 0. The van der Waals surface area contributed by atoms with Gasteiger partial charge in [0.25, 0.3) is 0 Å². The summed E-state index contributed by atoms with van der Waals surface area (Å²) >= 11 is 0. The van der Waals surface area contributed by atoms with E-state index < -0.39 is 5.54 Å². The molecule has 0 spiro atoms. The van der Waals surface area contributed by atoms with E-state index in [1.54, 1.807) is 0 Å². The molecule has 7 nitrogen and oxygen atoms in total. The molecule has 1 aliphatic heterocycles. The molecule has 7 heteroatoms. The molecule has 10 rings (SSSR count). The summed E-state index contributed by atoms with van der Waals surface area (Å²) in [6.45, 7) is 9.08. The predicted molar refractivity (Wildman–Crippen MR) is 216 cm³/mol. The van der Waals surface area contributed by atoms with Crippen molar-refractivity contribution in [1.82, 2.24) is 29.1 Å². The van der Waals surface area contributed by atoms with E-state index >= 15 is 0 Å². The maximum Gasteiger partial charge on any atom is 0.237 e. The number of benzene rings is 6. The molecule has 0 saturated heterocycles. The molecule has 0 unspecified atom stereocenters. The summed E-state index contributed by atoms with van der Waals surface area (Å²) in [6, 6.07) is 52.7. The minimum Gasteiger partial charge on any atom is -0.309 e. The third-order valence-electron chi connectivity index (χ3n) is 11.4. The van der Waals surface area contributed by atoms with E-state index in [-0.39, 0.29) is 5.54 Å². The number of para-hydroxylation sites is 3. The van der Waals surface area contributed by atoms with Crippen LogP contribution in [0.3, 0.4) is 0 Å². The number of aromatic nitrogens is 6. The topological polar surface area (TPSA) is 64.7 Å².